The molecule has 0 atom stereocenters. The Morgan fingerprint density at radius 2 is 0.848 bits per heavy atom. The van der Waals surface area contributed by atoms with Gasteiger partial charge in [-0.3, -0.25) is 0 Å². The third-order valence-corrected chi connectivity index (χ3v) is 5.29. The molecule has 0 spiro atoms. The van der Waals surface area contributed by atoms with E-state index in [1.165, 1.54) is 42.7 Å². The second kappa shape index (κ2) is 10.4. The van der Waals surface area contributed by atoms with Crippen LogP contribution in [0.2, 0.25) is 0 Å². The Balaban J connectivity index is 2.29. The summed E-state index contributed by atoms with van der Waals surface area (Å²) in [6, 6.07) is 6.83. The zero-order chi connectivity index (χ0) is 24.1. The summed E-state index contributed by atoms with van der Waals surface area (Å²) in [5.74, 6) is 3.24. The maximum Gasteiger partial charge on any atom is 0.203 e. The minimum absolute atomic E-state index is 0.351. The number of rotatable bonds is 10. The monoisotopic (exact) mass is 460 g/mol. The van der Waals surface area contributed by atoms with Gasteiger partial charge in [-0.1, -0.05) is 0 Å². The molecule has 33 heavy (non-hydrogen) atoms. The van der Waals surface area contributed by atoms with Gasteiger partial charge in [0, 0.05) is 22.3 Å². The molecule has 0 aliphatic carbocycles. The third-order valence-electron chi connectivity index (χ3n) is 5.29. The van der Waals surface area contributed by atoms with Gasteiger partial charge in [-0.25, -0.2) is 0 Å². The van der Waals surface area contributed by atoms with E-state index in [1.54, 1.807) is 24.3 Å². The predicted molar refractivity (Wildman–Crippen MR) is 121 cm³/mol. The van der Waals surface area contributed by atoms with Gasteiger partial charge >= 0.3 is 0 Å². The van der Waals surface area contributed by atoms with E-state index in [4.69, 9.17) is 32.8 Å². The van der Waals surface area contributed by atoms with E-state index in [-0.39, 0.29) is 13.2 Å². The fourth-order valence-electron chi connectivity index (χ4n) is 3.72. The number of aliphatic hydroxyl groups excluding tert-OH is 2. The van der Waals surface area contributed by atoms with Crippen LogP contribution in [0.1, 0.15) is 11.1 Å². The molecule has 0 aliphatic heterocycles. The quantitative estimate of drug-likeness (QED) is 0.468. The van der Waals surface area contributed by atoms with Crippen molar-refractivity contribution in [3.05, 3.63) is 35.4 Å². The highest BCUT2D eigenvalue weighted by Crippen LogP contribution is 2.47. The predicted octanol–water partition coefficient (Wildman–Crippen LogP) is 3.65. The van der Waals surface area contributed by atoms with Crippen molar-refractivity contribution < 1.29 is 43.1 Å². The van der Waals surface area contributed by atoms with Gasteiger partial charge in [0.1, 0.15) is 11.5 Å². The van der Waals surface area contributed by atoms with Crippen molar-refractivity contribution in [1.82, 2.24) is 0 Å². The maximum absolute atomic E-state index is 10.2. The van der Waals surface area contributed by atoms with E-state index in [0.717, 1.165) is 0 Å². The van der Waals surface area contributed by atoms with Crippen molar-refractivity contribution in [2.24, 2.45) is 0 Å². The zero-order valence-corrected chi connectivity index (χ0v) is 19.5. The first-order chi connectivity index (χ1) is 16.0. The van der Waals surface area contributed by atoms with Crippen molar-refractivity contribution in [2.45, 2.75) is 13.2 Å². The number of methoxy groups -OCH3 is 6. The lowest BCUT2D eigenvalue weighted by molar-refractivity contribution is 0.262. The molecule has 0 saturated heterocycles. The van der Waals surface area contributed by atoms with Crippen LogP contribution in [-0.2, 0) is 13.2 Å². The van der Waals surface area contributed by atoms with E-state index < -0.39 is 0 Å². The van der Waals surface area contributed by atoms with Crippen LogP contribution in [0.25, 0.3) is 22.6 Å². The summed E-state index contributed by atoms with van der Waals surface area (Å²) >= 11 is 0. The lowest BCUT2D eigenvalue weighted by Gasteiger charge is -2.14. The molecular weight excluding hydrogens is 432 g/mol. The van der Waals surface area contributed by atoms with Gasteiger partial charge in [-0.2, -0.15) is 0 Å². The number of aliphatic hydroxyl groups is 2. The van der Waals surface area contributed by atoms with Gasteiger partial charge in [0.2, 0.25) is 11.5 Å². The Hall–Kier alpha value is -3.56. The molecule has 3 rings (SSSR count). The Morgan fingerprint density at radius 3 is 1.06 bits per heavy atom. The van der Waals surface area contributed by atoms with Gasteiger partial charge in [-0.05, 0) is 24.3 Å². The van der Waals surface area contributed by atoms with Crippen LogP contribution in [0, 0.1) is 0 Å². The summed E-state index contributed by atoms with van der Waals surface area (Å²) in [5, 5.41) is 20.3. The number of ether oxygens (including phenoxy) is 6. The Kier molecular flexibility index (Phi) is 7.57. The van der Waals surface area contributed by atoms with Crippen LogP contribution >= 0.6 is 0 Å². The van der Waals surface area contributed by atoms with E-state index in [9.17, 15) is 10.2 Å². The summed E-state index contributed by atoms with van der Waals surface area (Å²) in [6.45, 7) is -0.731. The molecule has 178 valence electrons. The molecule has 9 heteroatoms. The lowest BCUT2D eigenvalue weighted by atomic mass is 10.0. The van der Waals surface area contributed by atoms with Crippen molar-refractivity contribution in [3.63, 3.8) is 0 Å². The van der Waals surface area contributed by atoms with Crippen molar-refractivity contribution in [2.75, 3.05) is 42.7 Å². The van der Waals surface area contributed by atoms with E-state index >= 15 is 0 Å². The topological polar surface area (TPSA) is 109 Å². The molecule has 9 nitrogen and oxygen atoms in total. The number of benzene rings is 2. The van der Waals surface area contributed by atoms with Crippen molar-refractivity contribution in [1.29, 1.82) is 0 Å². The number of hydrogen-bond acceptors (Lipinski definition) is 9. The Bertz CT molecular complexity index is 981. The van der Waals surface area contributed by atoms with E-state index in [1.807, 2.05) is 0 Å². The first kappa shape index (κ1) is 24.1. The van der Waals surface area contributed by atoms with Crippen LogP contribution in [-0.4, -0.2) is 52.9 Å². The molecular formula is C24H28O9. The van der Waals surface area contributed by atoms with Gasteiger partial charge in [-0.15, -0.1) is 0 Å². The molecule has 0 unspecified atom stereocenters. The Morgan fingerprint density at radius 1 is 0.545 bits per heavy atom. The fraction of sp³-hybridized carbons (Fsp3) is 0.333. The fourth-order valence-corrected chi connectivity index (χ4v) is 3.72. The average molecular weight is 460 g/mol. The van der Waals surface area contributed by atoms with Crippen molar-refractivity contribution in [3.8, 4) is 57.1 Å². The molecule has 1 heterocycles. The zero-order valence-electron chi connectivity index (χ0n) is 19.5. The second-order valence-electron chi connectivity index (χ2n) is 6.86. The highest BCUT2D eigenvalue weighted by Gasteiger charge is 2.26. The molecule has 2 aromatic carbocycles. The normalized spacial score (nSPS) is 10.7. The standard InChI is InChI=1S/C24H28O9/c1-27-17-7-13(8-18(28-2)23(17)31-5)21-15(11-25)16(12-26)22(33-21)14-9-19(29-3)24(32-6)20(10-14)30-4/h7-10,25-26H,11-12H2,1-6H3. The first-order valence-corrected chi connectivity index (χ1v) is 9.98. The molecule has 1 aromatic heterocycles. The molecule has 3 aromatic rings. The number of furan rings is 1. The second-order valence-corrected chi connectivity index (χ2v) is 6.86. The van der Waals surface area contributed by atoms with Gasteiger partial charge in [0.25, 0.3) is 0 Å². The molecule has 2 N–H and O–H groups in total. The van der Waals surface area contributed by atoms with Gasteiger partial charge in [0.15, 0.2) is 23.0 Å². The minimum atomic E-state index is -0.365. The van der Waals surface area contributed by atoms with E-state index in [2.05, 4.69) is 0 Å². The first-order valence-electron chi connectivity index (χ1n) is 9.98. The smallest absolute Gasteiger partial charge is 0.203 e. The minimum Gasteiger partial charge on any atom is -0.493 e. The summed E-state index contributed by atoms with van der Waals surface area (Å²) in [4.78, 5) is 0. The van der Waals surface area contributed by atoms with Crippen LogP contribution in [0.15, 0.2) is 28.7 Å². The van der Waals surface area contributed by atoms with Gasteiger partial charge < -0.3 is 43.1 Å². The molecule has 0 saturated carbocycles. The average Bonchev–Trinajstić information content (AvgIpc) is 3.25. The van der Waals surface area contributed by atoms with Gasteiger partial charge in [0.05, 0.1) is 55.9 Å². The Labute approximate surface area is 192 Å². The molecule has 0 radical (unpaired) electrons. The molecule has 0 amide bonds. The number of hydrogen-bond donors (Lipinski definition) is 2. The highest BCUT2D eigenvalue weighted by molar-refractivity contribution is 5.77. The molecule has 0 fully saturated rings. The summed E-state index contributed by atoms with van der Waals surface area (Å²) < 4.78 is 38.8. The lowest BCUT2D eigenvalue weighted by Crippen LogP contribution is -1.97. The largest absolute Gasteiger partial charge is 0.493 e. The summed E-state index contributed by atoms with van der Waals surface area (Å²) in [7, 11) is 9.07. The molecule has 0 aliphatic rings. The maximum atomic E-state index is 10.2. The van der Waals surface area contributed by atoms with Crippen molar-refractivity contribution >= 4 is 0 Å². The highest BCUT2D eigenvalue weighted by atomic mass is 16.5. The van der Waals surface area contributed by atoms with Crippen LogP contribution in [0.4, 0.5) is 0 Å². The summed E-state index contributed by atoms with van der Waals surface area (Å²) in [5.41, 5.74) is 2.00. The van der Waals surface area contributed by atoms with Crippen LogP contribution in [0.5, 0.6) is 34.5 Å². The van der Waals surface area contributed by atoms with E-state index in [0.29, 0.717) is 68.3 Å². The van der Waals surface area contributed by atoms with Crippen LogP contribution < -0.4 is 28.4 Å². The van der Waals surface area contributed by atoms with Crippen LogP contribution in [0.3, 0.4) is 0 Å². The SMILES string of the molecule is COc1cc(-c2oc(-c3cc(OC)c(OC)c(OC)c3)c(CO)c2CO)cc(OC)c1OC. The molecule has 0 bridgehead atoms. The third kappa shape index (κ3) is 4.24. The summed E-state index contributed by atoms with van der Waals surface area (Å²) in [6.07, 6.45) is 0.